The third-order valence-electron chi connectivity index (χ3n) is 6.04. The van der Waals surface area contributed by atoms with Gasteiger partial charge in [0.15, 0.2) is 12.4 Å². The third-order valence-corrected chi connectivity index (χ3v) is 9.84. The van der Waals surface area contributed by atoms with Crippen LogP contribution in [-0.2, 0) is 37.5 Å². The molecule has 0 spiro atoms. The van der Waals surface area contributed by atoms with Gasteiger partial charge in [-0.15, -0.1) is 23.5 Å². The fraction of sp³-hybridized carbons (Fsp3) is 0.333. The average molecular weight is 694 g/mol. The molecule has 0 radical (unpaired) electrons. The lowest BCUT2D eigenvalue weighted by Crippen LogP contribution is -2.70. The van der Waals surface area contributed by atoms with Crippen LogP contribution in [0.25, 0.3) is 0 Å². The predicted molar refractivity (Wildman–Crippen MR) is 162 cm³/mol. The molecule has 2 aromatic heterocycles. The number of carboxylic acids is 1. The predicted octanol–water partition coefficient (Wildman–Crippen LogP) is 1.55. The Labute approximate surface area is 265 Å². The van der Waals surface area contributed by atoms with E-state index in [4.69, 9.17) is 40.0 Å². The molecule has 4 heterocycles. The zero-order valence-corrected chi connectivity index (χ0v) is 26.3. The number of nitrogens with one attached hydrogen (secondary N) is 2. The number of rotatable bonds is 12. The molecule has 4 N–H and O–H groups in total. The van der Waals surface area contributed by atoms with Crippen molar-refractivity contribution in [3.8, 4) is 0 Å². The summed E-state index contributed by atoms with van der Waals surface area (Å²) in [5.74, 6) is -1.80. The van der Waals surface area contributed by atoms with Gasteiger partial charge < -0.3 is 15.7 Å². The molecular formula is C24H24Cl2N5O7S4+. The average Bonchev–Trinajstić information content (AvgIpc) is 2.89. The molecule has 0 aromatic carbocycles. The number of thiocarbonyl (C=S) groups is 1. The fourth-order valence-electron chi connectivity index (χ4n) is 4.18. The molecule has 2 amide bonds. The molecule has 2 atom stereocenters. The van der Waals surface area contributed by atoms with Gasteiger partial charge in [-0.2, -0.15) is 13.0 Å². The molecule has 12 nitrogen and oxygen atoms in total. The fourth-order valence-corrected chi connectivity index (χ4v) is 7.71. The van der Waals surface area contributed by atoms with Crippen molar-refractivity contribution in [3.63, 3.8) is 0 Å². The zero-order chi connectivity index (χ0) is 30.6. The zero-order valence-electron chi connectivity index (χ0n) is 21.5. The SMILES string of the molecule is O=C(C[n+]1ccc(SCC2=C(C(=O)O)N3C(=O)[C@@H](NC(=S)Cc4cc(Cl)nc(Cl)c4)[C@H]3SC2)cc1)NCCS(=O)(=O)O. The third kappa shape index (κ3) is 8.55. The minimum atomic E-state index is -4.16. The lowest BCUT2D eigenvalue weighted by molar-refractivity contribution is -0.684. The van der Waals surface area contributed by atoms with Gasteiger partial charge in [0.2, 0.25) is 6.54 Å². The van der Waals surface area contributed by atoms with Crippen molar-refractivity contribution in [2.75, 3.05) is 23.8 Å². The van der Waals surface area contributed by atoms with E-state index in [0.717, 1.165) is 10.5 Å². The van der Waals surface area contributed by atoms with E-state index in [2.05, 4.69) is 15.6 Å². The number of halogens is 2. The lowest BCUT2D eigenvalue weighted by atomic mass is 10.0. The van der Waals surface area contributed by atoms with Gasteiger partial charge in [-0.25, -0.2) is 9.78 Å². The first kappa shape index (κ1) is 32.4. The molecule has 0 aliphatic carbocycles. The molecule has 2 aromatic rings. The number of carbonyl (C=O) groups is 3. The van der Waals surface area contributed by atoms with Gasteiger partial charge in [-0.3, -0.25) is 19.0 Å². The van der Waals surface area contributed by atoms with Crippen LogP contribution in [0.1, 0.15) is 5.56 Å². The van der Waals surface area contributed by atoms with Crippen molar-refractivity contribution >= 4 is 91.8 Å². The van der Waals surface area contributed by atoms with Crippen molar-refractivity contribution in [2.45, 2.75) is 29.3 Å². The number of amides is 2. The van der Waals surface area contributed by atoms with E-state index in [0.29, 0.717) is 22.1 Å². The molecule has 0 unspecified atom stereocenters. The number of carboxylic acid groups (broad SMARTS) is 1. The summed E-state index contributed by atoms with van der Waals surface area (Å²) in [5, 5.41) is 15.4. The van der Waals surface area contributed by atoms with Gasteiger partial charge in [0, 0.05) is 41.5 Å². The summed E-state index contributed by atoms with van der Waals surface area (Å²) in [6.45, 7) is -0.256. The lowest BCUT2D eigenvalue weighted by Gasteiger charge is -2.49. The van der Waals surface area contributed by atoms with E-state index < -0.39 is 39.2 Å². The van der Waals surface area contributed by atoms with Gasteiger partial charge in [-0.05, 0) is 23.3 Å². The van der Waals surface area contributed by atoms with E-state index in [1.807, 2.05) is 0 Å². The first-order valence-electron chi connectivity index (χ1n) is 12.2. The Morgan fingerprint density at radius 2 is 1.90 bits per heavy atom. The Bertz CT molecular complexity index is 1540. The van der Waals surface area contributed by atoms with Gasteiger partial charge in [-0.1, -0.05) is 35.4 Å². The highest BCUT2D eigenvalue weighted by Crippen LogP contribution is 2.41. The van der Waals surface area contributed by atoms with Gasteiger partial charge >= 0.3 is 5.97 Å². The summed E-state index contributed by atoms with van der Waals surface area (Å²) in [5.41, 5.74) is 1.31. The van der Waals surface area contributed by atoms with Crippen LogP contribution < -0.4 is 15.2 Å². The molecule has 42 heavy (non-hydrogen) atoms. The Morgan fingerprint density at radius 3 is 2.52 bits per heavy atom. The highest BCUT2D eigenvalue weighted by Gasteiger charge is 2.53. The highest BCUT2D eigenvalue weighted by molar-refractivity contribution is 8.01. The summed E-state index contributed by atoms with van der Waals surface area (Å²) in [7, 11) is -4.16. The second kappa shape index (κ2) is 13.9. The van der Waals surface area contributed by atoms with Crippen LogP contribution in [0.2, 0.25) is 10.3 Å². The summed E-state index contributed by atoms with van der Waals surface area (Å²) in [6, 6.07) is 6.11. The van der Waals surface area contributed by atoms with Crippen molar-refractivity contribution in [1.29, 1.82) is 0 Å². The number of hydrogen-bond acceptors (Lipinski definition) is 9. The quantitative estimate of drug-likeness (QED) is 0.0633. The van der Waals surface area contributed by atoms with Crippen molar-refractivity contribution in [2.24, 2.45) is 0 Å². The Kier molecular flexibility index (Phi) is 10.7. The summed E-state index contributed by atoms with van der Waals surface area (Å²) < 4.78 is 31.8. The Hall–Kier alpha value is -2.47. The maximum absolute atomic E-state index is 13.0. The molecule has 0 bridgehead atoms. The maximum atomic E-state index is 13.0. The van der Waals surface area contributed by atoms with Crippen LogP contribution in [0.4, 0.5) is 0 Å². The number of nitrogens with zero attached hydrogens (tertiary/aromatic N) is 3. The number of fused-ring (bicyclic) bond motifs is 1. The topological polar surface area (TPSA) is 170 Å². The first-order chi connectivity index (χ1) is 19.8. The number of thioether (sulfide) groups is 2. The van der Waals surface area contributed by atoms with Crippen LogP contribution in [0.5, 0.6) is 0 Å². The monoisotopic (exact) mass is 692 g/mol. The van der Waals surface area contributed by atoms with Crippen LogP contribution in [-0.4, -0.2) is 86.0 Å². The maximum Gasteiger partial charge on any atom is 0.352 e. The number of pyridine rings is 2. The van der Waals surface area contributed by atoms with E-state index in [9.17, 15) is 27.9 Å². The van der Waals surface area contributed by atoms with Gasteiger partial charge in [0.25, 0.3) is 21.9 Å². The molecule has 2 aliphatic heterocycles. The minimum absolute atomic E-state index is 0.0273. The largest absolute Gasteiger partial charge is 0.477 e. The molecule has 1 fully saturated rings. The van der Waals surface area contributed by atoms with E-state index in [1.165, 1.54) is 28.4 Å². The van der Waals surface area contributed by atoms with Crippen LogP contribution in [0, 0.1) is 0 Å². The second-order valence-corrected chi connectivity index (χ2v) is 14.1. The molecule has 2 aliphatic rings. The number of aromatic nitrogens is 2. The highest BCUT2D eigenvalue weighted by atomic mass is 35.5. The van der Waals surface area contributed by atoms with Gasteiger partial charge in [0.1, 0.15) is 27.4 Å². The van der Waals surface area contributed by atoms with Crippen LogP contribution in [0.15, 0.2) is 52.8 Å². The van der Waals surface area contributed by atoms with Gasteiger partial charge in [0.05, 0.1) is 10.7 Å². The van der Waals surface area contributed by atoms with Crippen molar-refractivity contribution in [1.82, 2.24) is 20.5 Å². The normalized spacial score (nSPS) is 18.3. The smallest absolute Gasteiger partial charge is 0.352 e. The minimum Gasteiger partial charge on any atom is -0.477 e. The van der Waals surface area contributed by atoms with Crippen LogP contribution >= 0.6 is 58.9 Å². The van der Waals surface area contributed by atoms with Crippen molar-refractivity contribution < 1.29 is 37.0 Å². The second-order valence-electron chi connectivity index (χ2n) is 9.14. The van der Waals surface area contributed by atoms with E-state index in [-0.39, 0.29) is 41.4 Å². The van der Waals surface area contributed by atoms with E-state index >= 15 is 0 Å². The summed E-state index contributed by atoms with van der Waals surface area (Å²) >= 11 is 20.2. The number of β-lactam (4-membered cyclic amide) rings is 1. The molecule has 224 valence electrons. The Morgan fingerprint density at radius 1 is 1.24 bits per heavy atom. The molecule has 4 rings (SSSR count). The molecular weight excluding hydrogens is 669 g/mol. The summed E-state index contributed by atoms with van der Waals surface area (Å²) in [4.78, 5) is 43.6. The Balaban J connectivity index is 1.32. The summed E-state index contributed by atoms with van der Waals surface area (Å²) in [6.07, 6.45) is 3.61. The number of aliphatic carboxylic acids is 1. The molecule has 1 saturated heterocycles. The molecule has 18 heteroatoms. The van der Waals surface area contributed by atoms with Crippen molar-refractivity contribution in [3.05, 3.63) is 63.8 Å². The number of carbonyl (C=O) groups excluding carboxylic acids is 2. The standard InChI is InChI=1S/C24H23Cl2N5O7S4/c25-16-7-13(8-17(26)28-16)9-19(39)29-20-22(33)31-21(24(34)35)14(12-41-23(20)31)11-40-15-1-4-30(5-2-15)10-18(32)27-3-6-42(36,37)38/h1-2,4-5,7-8,20,23H,3,6,9-12H2,(H3-,27,29,32,34,35,36,37,38,39)/p+1/t20-,23-/m1/s1. The first-order valence-corrected chi connectivity index (χ1v) is 17.0. The molecule has 0 saturated carbocycles. The van der Waals surface area contributed by atoms with Crippen LogP contribution in [0.3, 0.4) is 0 Å². The van der Waals surface area contributed by atoms with E-state index in [1.54, 1.807) is 41.2 Å². The number of hydrogen-bond donors (Lipinski definition) is 4.